The van der Waals surface area contributed by atoms with Crippen LogP contribution in [0, 0.1) is 5.92 Å². The monoisotopic (exact) mass is 265 g/mol. The van der Waals surface area contributed by atoms with Crippen LogP contribution >= 0.6 is 0 Å². The van der Waals surface area contributed by atoms with Crippen molar-refractivity contribution in [3.8, 4) is 0 Å². The molecule has 2 fully saturated rings. The summed E-state index contributed by atoms with van der Waals surface area (Å²) in [6.07, 6.45) is 6.26. The zero-order valence-electron chi connectivity index (χ0n) is 11.5. The Morgan fingerprint density at radius 2 is 2.21 bits per heavy atom. The standard InChI is InChI=1S/C14H23N3O2/c1-2-9-4-3-5-10(6-9)13-16-14(19-17-13)11-7-18-8-12(11)15/h9-12H,2-8,15H2,1H3. The highest BCUT2D eigenvalue weighted by atomic mass is 16.5. The lowest BCUT2D eigenvalue weighted by atomic mass is 9.80. The van der Waals surface area contributed by atoms with Crippen molar-refractivity contribution in [2.45, 2.75) is 56.9 Å². The van der Waals surface area contributed by atoms with Crippen molar-refractivity contribution in [3.05, 3.63) is 11.7 Å². The quantitative estimate of drug-likeness (QED) is 0.906. The molecule has 106 valence electrons. The largest absolute Gasteiger partial charge is 0.379 e. The SMILES string of the molecule is CCC1CCCC(c2noc(C3COCC3N)n2)C1. The van der Waals surface area contributed by atoms with Gasteiger partial charge < -0.3 is 15.0 Å². The fourth-order valence-electron chi connectivity index (χ4n) is 3.29. The topological polar surface area (TPSA) is 74.2 Å². The number of hydrogen-bond donors (Lipinski definition) is 1. The number of nitrogens with two attached hydrogens (primary N) is 1. The summed E-state index contributed by atoms with van der Waals surface area (Å²) >= 11 is 0. The first-order valence-electron chi connectivity index (χ1n) is 7.44. The average molecular weight is 265 g/mol. The second-order valence-electron chi connectivity index (χ2n) is 5.94. The first-order chi connectivity index (χ1) is 9.28. The Bertz CT molecular complexity index is 421. The lowest BCUT2D eigenvalue weighted by Crippen LogP contribution is -2.27. The first kappa shape index (κ1) is 13.1. The van der Waals surface area contributed by atoms with Gasteiger partial charge in [-0.05, 0) is 18.8 Å². The molecule has 1 aliphatic heterocycles. The van der Waals surface area contributed by atoms with Gasteiger partial charge in [0.2, 0.25) is 5.89 Å². The summed E-state index contributed by atoms with van der Waals surface area (Å²) < 4.78 is 10.8. The second kappa shape index (κ2) is 5.59. The predicted molar refractivity (Wildman–Crippen MR) is 70.8 cm³/mol. The van der Waals surface area contributed by atoms with Gasteiger partial charge in [0.15, 0.2) is 5.82 Å². The molecule has 2 N–H and O–H groups in total. The number of hydrogen-bond acceptors (Lipinski definition) is 5. The molecule has 0 bridgehead atoms. The molecule has 0 aromatic carbocycles. The van der Waals surface area contributed by atoms with Crippen LogP contribution in [0.15, 0.2) is 4.52 Å². The van der Waals surface area contributed by atoms with Crippen LogP contribution in [0.3, 0.4) is 0 Å². The van der Waals surface area contributed by atoms with Gasteiger partial charge in [-0.15, -0.1) is 0 Å². The van der Waals surface area contributed by atoms with Gasteiger partial charge in [-0.2, -0.15) is 4.98 Å². The molecule has 0 amide bonds. The van der Waals surface area contributed by atoms with Crippen LogP contribution in [0.25, 0.3) is 0 Å². The fraction of sp³-hybridized carbons (Fsp3) is 0.857. The van der Waals surface area contributed by atoms with E-state index in [-0.39, 0.29) is 12.0 Å². The Morgan fingerprint density at radius 3 is 2.95 bits per heavy atom. The Balaban J connectivity index is 1.70. The maximum absolute atomic E-state index is 5.99. The van der Waals surface area contributed by atoms with Gasteiger partial charge in [0.25, 0.3) is 0 Å². The van der Waals surface area contributed by atoms with Crippen LogP contribution in [-0.2, 0) is 4.74 Å². The van der Waals surface area contributed by atoms with E-state index in [9.17, 15) is 0 Å². The molecule has 2 heterocycles. The summed E-state index contributed by atoms with van der Waals surface area (Å²) in [4.78, 5) is 4.60. The summed E-state index contributed by atoms with van der Waals surface area (Å²) in [5.41, 5.74) is 5.99. The Kier molecular flexibility index (Phi) is 3.84. The third-order valence-electron chi connectivity index (χ3n) is 4.62. The number of rotatable bonds is 3. The van der Waals surface area contributed by atoms with E-state index in [1.807, 2.05) is 0 Å². The van der Waals surface area contributed by atoms with Crippen LogP contribution in [0.2, 0.25) is 0 Å². The highest BCUT2D eigenvalue weighted by Gasteiger charge is 2.33. The van der Waals surface area contributed by atoms with Crippen molar-refractivity contribution >= 4 is 0 Å². The van der Waals surface area contributed by atoms with Gasteiger partial charge in [-0.25, -0.2) is 0 Å². The van der Waals surface area contributed by atoms with Crippen LogP contribution in [0.4, 0.5) is 0 Å². The first-order valence-corrected chi connectivity index (χ1v) is 7.44. The van der Waals surface area contributed by atoms with E-state index in [1.54, 1.807) is 0 Å². The number of aromatic nitrogens is 2. The molecule has 2 aliphatic rings. The summed E-state index contributed by atoms with van der Waals surface area (Å²) in [5, 5.41) is 4.19. The lowest BCUT2D eigenvalue weighted by Gasteiger charge is -2.26. The van der Waals surface area contributed by atoms with Gasteiger partial charge in [-0.3, -0.25) is 0 Å². The van der Waals surface area contributed by atoms with Gasteiger partial charge in [0.1, 0.15) is 0 Å². The van der Waals surface area contributed by atoms with E-state index in [2.05, 4.69) is 17.1 Å². The second-order valence-corrected chi connectivity index (χ2v) is 5.94. The molecule has 0 spiro atoms. The normalized spacial score (nSPS) is 35.7. The maximum atomic E-state index is 5.99. The van der Waals surface area contributed by atoms with Gasteiger partial charge in [0.05, 0.1) is 19.1 Å². The molecule has 5 heteroatoms. The van der Waals surface area contributed by atoms with Crippen LogP contribution in [0.5, 0.6) is 0 Å². The molecule has 1 saturated heterocycles. The average Bonchev–Trinajstić information content (AvgIpc) is 3.07. The zero-order valence-corrected chi connectivity index (χ0v) is 11.5. The lowest BCUT2D eigenvalue weighted by molar-refractivity contribution is 0.187. The zero-order chi connectivity index (χ0) is 13.2. The van der Waals surface area contributed by atoms with Crippen molar-refractivity contribution < 1.29 is 9.26 Å². The molecule has 1 aromatic heterocycles. The molecule has 1 aliphatic carbocycles. The van der Waals surface area contributed by atoms with Crippen molar-refractivity contribution in [2.75, 3.05) is 13.2 Å². The minimum absolute atomic E-state index is 0.0111. The van der Waals surface area contributed by atoms with E-state index in [4.69, 9.17) is 15.0 Å². The third kappa shape index (κ3) is 2.67. The number of ether oxygens (including phenoxy) is 1. The van der Waals surface area contributed by atoms with E-state index in [0.717, 1.165) is 11.7 Å². The van der Waals surface area contributed by atoms with Crippen molar-refractivity contribution in [1.82, 2.24) is 10.1 Å². The van der Waals surface area contributed by atoms with Crippen LogP contribution in [0.1, 0.15) is 62.6 Å². The molecular weight excluding hydrogens is 242 g/mol. The number of nitrogens with zero attached hydrogens (tertiary/aromatic N) is 2. The fourth-order valence-corrected chi connectivity index (χ4v) is 3.29. The van der Waals surface area contributed by atoms with Crippen LogP contribution in [-0.4, -0.2) is 29.4 Å². The molecule has 4 atom stereocenters. The van der Waals surface area contributed by atoms with Crippen molar-refractivity contribution in [1.29, 1.82) is 0 Å². The summed E-state index contributed by atoms with van der Waals surface area (Å²) in [6, 6.07) is -0.0111. The molecule has 1 aromatic rings. The van der Waals surface area contributed by atoms with E-state index < -0.39 is 0 Å². The smallest absolute Gasteiger partial charge is 0.233 e. The van der Waals surface area contributed by atoms with E-state index in [0.29, 0.717) is 25.0 Å². The van der Waals surface area contributed by atoms with Gasteiger partial charge in [-0.1, -0.05) is 31.3 Å². The molecule has 0 radical (unpaired) electrons. The molecule has 1 saturated carbocycles. The van der Waals surface area contributed by atoms with Crippen molar-refractivity contribution in [3.63, 3.8) is 0 Å². The molecule has 5 nitrogen and oxygen atoms in total. The van der Waals surface area contributed by atoms with Crippen molar-refractivity contribution in [2.24, 2.45) is 11.7 Å². The van der Waals surface area contributed by atoms with Gasteiger partial charge in [0, 0.05) is 12.0 Å². The Hall–Kier alpha value is -0.940. The minimum Gasteiger partial charge on any atom is -0.379 e. The maximum Gasteiger partial charge on any atom is 0.233 e. The minimum atomic E-state index is -0.0111. The Morgan fingerprint density at radius 1 is 1.32 bits per heavy atom. The Labute approximate surface area is 113 Å². The highest BCUT2D eigenvalue weighted by Crippen LogP contribution is 2.36. The highest BCUT2D eigenvalue weighted by molar-refractivity contribution is 5.05. The molecule has 19 heavy (non-hydrogen) atoms. The van der Waals surface area contributed by atoms with Gasteiger partial charge >= 0.3 is 0 Å². The summed E-state index contributed by atoms with van der Waals surface area (Å²) in [6.45, 7) is 3.46. The predicted octanol–water partition coefficient (Wildman–Crippen LogP) is 2.19. The van der Waals surface area contributed by atoms with E-state index >= 15 is 0 Å². The molecule has 4 unspecified atom stereocenters. The third-order valence-corrected chi connectivity index (χ3v) is 4.62. The summed E-state index contributed by atoms with van der Waals surface area (Å²) in [5.74, 6) is 2.91. The van der Waals surface area contributed by atoms with Crippen LogP contribution < -0.4 is 5.73 Å². The summed E-state index contributed by atoms with van der Waals surface area (Å²) in [7, 11) is 0. The molecular formula is C14H23N3O2. The van der Waals surface area contributed by atoms with E-state index in [1.165, 1.54) is 32.1 Å². The molecule has 3 rings (SSSR count).